The SMILES string of the molecule is C=CC(=O)N1CCN(c2nc(OC(C)CN(C)C)nc3c2CO[C@H](c2cccc4cccc(Cl)c24)C3)C[C@@H]1CC#N. The van der Waals surface area contributed by atoms with Gasteiger partial charge in [-0.1, -0.05) is 48.5 Å². The van der Waals surface area contributed by atoms with Crippen molar-refractivity contribution >= 4 is 34.1 Å². The van der Waals surface area contributed by atoms with E-state index in [2.05, 4.69) is 28.5 Å². The fraction of sp³-hybridized carbons (Fsp3) is 0.419. The van der Waals surface area contributed by atoms with Gasteiger partial charge in [-0.05, 0) is 44.1 Å². The molecule has 0 N–H and O–H groups in total. The summed E-state index contributed by atoms with van der Waals surface area (Å²) in [6.45, 7) is 8.13. The van der Waals surface area contributed by atoms with E-state index in [9.17, 15) is 10.1 Å². The third-order valence-electron chi connectivity index (χ3n) is 7.59. The number of carbonyl (C=O) groups excluding carboxylic acids is 1. The Morgan fingerprint density at radius 2 is 2.07 bits per heavy atom. The number of rotatable bonds is 8. The molecule has 1 saturated heterocycles. The van der Waals surface area contributed by atoms with E-state index in [0.29, 0.717) is 50.2 Å². The fourth-order valence-electron chi connectivity index (χ4n) is 5.80. The molecule has 2 aliphatic heterocycles. The van der Waals surface area contributed by atoms with Gasteiger partial charge in [0.2, 0.25) is 5.91 Å². The standard InChI is InChI=1S/C31H35ClN6O3/c1-5-28(39)38-15-14-37(18-22(38)12-13-33)30-24-19-40-27(23-10-6-8-21-9-7-11-25(32)29(21)23)16-26(24)34-31(35-30)41-20(2)17-36(3)4/h5-11,20,22,27H,1,12,14-19H2,2-4H3/t20?,22-,27-/m0/s1. The van der Waals surface area contributed by atoms with Gasteiger partial charge in [0.05, 0.1) is 36.9 Å². The van der Waals surface area contributed by atoms with Gasteiger partial charge in [-0.2, -0.15) is 15.2 Å². The second kappa shape index (κ2) is 12.4. The second-order valence-corrected chi connectivity index (χ2v) is 11.2. The highest BCUT2D eigenvalue weighted by Gasteiger charge is 2.34. The predicted molar refractivity (Wildman–Crippen MR) is 159 cm³/mol. The number of likely N-dealkylation sites (N-methyl/N-ethyl adjacent to an activating group) is 1. The number of carbonyl (C=O) groups is 1. The molecule has 3 aromatic rings. The normalized spacial score (nSPS) is 19.5. The van der Waals surface area contributed by atoms with Crippen LogP contribution < -0.4 is 9.64 Å². The Labute approximate surface area is 245 Å². The number of benzene rings is 2. The maximum Gasteiger partial charge on any atom is 0.318 e. The number of amides is 1. The topological polar surface area (TPSA) is 94.8 Å². The van der Waals surface area contributed by atoms with Crippen LogP contribution in [-0.2, 0) is 22.6 Å². The largest absolute Gasteiger partial charge is 0.459 e. The number of hydrogen-bond donors (Lipinski definition) is 0. The van der Waals surface area contributed by atoms with Crippen molar-refractivity contribution in [3.8, 4) is 12.1 Å². The molecule has 1 amide bonds. The predicted octanol–water partition coefficient (Wildman–Crippen LogP) is 4.54. The van der Waals surface area contributed by atoms with Gasteiger partial charge in [0.15, 0.2) is 0 Å². The number of ether oxygens (including phenoxy) is 2. The third kappa shape index (κ3) is 6.15. The van der Waals surface area contributed by atoms with E-state index < -0.39 is 0 Å². The minimum atomic E-state index is -0.281. The van der Waals surface area contributed by atoms with Crippen molar-refractivity contribution < 1.29 is 14.3 Å². The van der Waals surface area contributed by atoms with Crippen LogP contribution in [0.4, 0.5) is 5.82 Å². The summed E-state index contributed by atoms with van der Waals surface area (Å²) >= 11 is 6.65. The van der Waals surface area contributed by atoms with Gasteiger partial charge in [0.1, 0.15) is 11.9 Å². The lowest BCUT2D eigenvalue weighted by Gasteiger charge is -2.42. The number of aromatic nitrogens is 2. The van der Waals surface area contributed by atoms with E-state index in [1.54, 1.807) is 4.90 Å². The molecule has 2 aliphatic rings. The van der Waals surface area contributed by atoms with Crippen LogP contribution in [0.1, 0.15) is 36.3 Å². The Balaban J connectivity index is 1.51. The Bertz CT molecular complexity index is 1480. The summed E-state index contributed by atoms with van der Waals surface area (Å²) in [6, 6.07) is 14.3. The number of anilines is 1. The Morgan fingerprint density at radius 3 is 2.80 bits per heavy atom. The van der Waals surface area contributed by atoms with E-state index in [-0.39, 0.29) is 30.6 Å². The third-order valence-corrected chi connectivity index (χ3v) is 7.90. The lowest BCUT2D eigenvalue weighted by atomic mass is 9.94. The molecule has 0 aliphatic carbocycles. The van der Waals surface area contributed by atoms with Crippen molar-refractivity contribution in [1.29, 1.82) is 5.26 Å². The average Bonchev–Trinajstić information content (AvgIpc) is 2.95. The summed E-state index contributed by atoms with van der Waals surface area (Å²) in [5.41, 5.74) is 2.79. The molecule has 3 atom stereocenters. The van der Waals surface area contributed by atoms with Gasteiger partial charge in [0, 0.05) is 48.6 Å². The molecule has 1 aromatic heterocycles. The number of nitriles is 1. The van der Waals surface area contributed by atoms with Crippen LogP contribution in [0.5, 0.6) is 6.01 Å². The molecule has 1 unspecified atom stereocenters. The van der Waals surface area contributed by atoms with Crippen LogP contribution in [0.2, 0.25) is 5.02 Å². The zero-order valence-electron chi connectivity index (χ0n) is 23.7. The van der Waals surface area contributed by atoms with Crippen molar-refractivity contribution in [3.63, 3.8) is 0 Å². The van der Waals surface area contributed by atoms with Crippen LogP contribution in [0.3, 0.4) is 0 Å². The first-order valence-corrected chi connectivity index (χ1v) is 14.2. The molecule has 0 radical (unpaired) electrons. The maximum absolute atomic E-state index is 12.5. The summed E-state index contributed by atoms with van der Waals surface area (Å²) in [6.07, 6.45) is 1.68. The van der Waals surface area contributed by atoms with Crippen molar-refractivity contribution in [2.75, 3.05) is 45.2 Å². The Kier molecular flexibility index (Phi) is 8.74. The molecule has 0 saturated carbocycles. The molecule has 1 fully saturated rings. The van der Waals surface area contributed by atoms with Crippen molar-refractivity contribution in [2.45, 2.75) is 44.6 Å². The van der Waals surface area contributed by atoms with Gasteiger partial charge in [-0.3, -0.25) is 4.79 Å². The van der Waals surface area contributed by atoms with Gasteiger partial charge in [-0.25, -0.2) is 0 Å². The van der Waals surface area contributed by atoms with Crippen LogP contribution in [0.25, 0.3) is 10.8 Å². The second-order valence-electron chi connectivity index (χ2n) is 10.8. The van der Waals surface area contributed by atoms with Crippen LogP contribution in [0.15, 0.2) is 49.1 Å². The summed E-state index contributed by atoms with van der Waals surface area (Å²) in [5, 5.41) is 12.2. The smallest absolute Gasteiger partial charge is 0.318 e. The molecule has 214 valence electrons. The summed E-state index contributed by atoms with van der Waals surface area (Å²) in [7, 11) is 3.99. The van der Waals surface area contributed by atoms with E-state index >= 15 is 0 Å². The highest BCUT2D eigenvalue weighted by Crippen LogP contribution is 2.39. The molecule has 3 heterocycles. The van der Waals surface area contributed by atoms with Crippen molar-refractivity contribution in [3.05, 3.63) is 70.9 Å². The highest BCUT2D eigenvalue weighted by atomic mass is 35.5. The number of piperazine rings is 1. The zero-order chi connectivity index (χ0) is 29.1. The fourth-order valence-corrected chi connectivity index (χ4v) is 6.09. The van der Waals surface area contributed by atoms with Crippen LogP contribution in [0, 0.1) is 11.3 Å². The van der Waals surface area contributed by atoms with E-state index in [0.717, 1.165) is 33.4 Å². The van der Waals surface area contributed by atoms with Gasteiger partial charge < -0.3 is 24.2 Å². The minimum absolute atomic E-state index is 0.128. The van der Waals surface area contributed by atoms with Gasteiger partial charge in [0.25, 0.3) is 0 Å². The first-order valence-electron chi connectivity index (χ1n) is 13.8. The molecule has 0 spiro atoms. The molecule has 41 heavy (non-hydrogen) atoms. The summed E-state index contributed by atoms with van der Waals surface area (Å²) in [5.74, 6) is 0.557. The number of fused-ring (bicyclic) bond motifs is 2. The molecule has 2 aromatic carbocycles. The molecular weight excluding hydrogens is 540 g/mol. The molecule has 0 bridgehead atoms. The number of halogens is 1. The quantitative estimate of drug-likeness (QED) is 0.362. The van der Waals surface area contributed by atoms with E-state index in [4.69, 9.17) is 31.0 Å². The highest BCUT2D eigenvalue weighted by molar-refractivity contribution is 6.35. The number of nitrogens with zero attached hydrogens (tertiary/aromatic N) is 6. The van der Waals surface area contributed by atoms with Crippen molar-refractivity contribution in [2.24, 2.45) is 0 Å². The van der Waals surface area contributed by atoms with Crippen LogP contribution in [-0.4, -0.2) is 78.1 Å². The molecule has 10 heteroatoms. The van der Waals surface area contributed by atoms with Gasteiger partial charge >= 0.3 is 6.01 Å². The van der Waals surface area contributed by atoms with Crippen LogP contribution >= 0.6 is 11.6 Å². The monoisotopic (exact) mass is 574 g/mol. The first kappa shape index (κ1) is 28.8. The Morgan fingerprint density at radius 1 is 1.29 bits per heavy atom. The lowest BCUT2D eigenvalue weighted by Crippen LogP contribution is -2.55. The molecular formula is C31H35ClN6O3. The maximum atomic E-state index is 12.5. The summed E-state index contributed by atoms with van der Waals surface area (Å²) in [4.78, 5) is 28.1. The lowest BCUT2D eigenvalue weighted by molar-refractivity contribution is -0.128. The zero-order valence-corrected chi connectivity index (χ0v) is 24.5. The Hall–Kier alpha value is -3.71. The minimum Gasteiger partial charge on any atom is -0.459 e. The summed E-state index contributed by atoms with van der Waals surface area (Å²) < 4.78 is 12.7. The first-order chi connectivity index (χ1) is 19.8. The van der Waals surface area contributed by atoms with E-state index in [1.165, 1.54) is 6.08 Å². The van der Waals surface area contributed by atoms with E-state index in [1.807, 2.05) is 51.4 Å². The molecule has 9 nitrogen and oxygen atoms in total. The number of hydrogen-bond acceptors (Lipinski definition) is 8. The molecule has 5 rings (SSSR count). The van der Waals surface area contributed by atoms with Crippen molar-refractivity contribution in [1.82, 2.24) is 19.8 Å². The van der Waals surface area contributed by atoms with Gasteiger partial charge in [-0.15, -0.1) is 0 Å². The average molecular weight is 575 g/mol.